The van der Waals surface area contributed by atoms with Crippen LogP contribution in [-0.2, 0) is 16.1 Å². The van der Waals surface area contributed by atoms with Crippen LogP contribution in [0.1, 0.15) is 35.7 Å². The summed E-state index contributed by atoms with van der Waals surface area (Å²) in [6, 6.07) is 7.25. The highest BCUT2D eigenvalue weighted by molar-refractivity contribution is 5.91. The normalized spacial score (nSPS) is 10.6. The topological polar surface area (TPSA) is 72.6 Å². The maximum Gasteiger partial charge on any atom is 0.338 e. The van der Waals surface area contributed by atoms with E-state index < -0.39 is 0 Å². The number of esters is 1. The summed E-state index contributed by atoms with van der Waals surface area (Å²) in [5.41, 5.74) is 6.64. The van der Waals surface area contributed by atoms with Crippen molar-refractivity contribution in [3.8, 4) is 0 Å². The van der Waals surface area contributed by atoms with E-state index in [-0.39, 0.29) is 18.4 Å². The van der Waals surface area contributed by atoms with Gasteiger partial charge in [0, 0.05) is 6.54 Å². The molecule has 20 heavy (non-hydrogen) atoms. The van der Waals surface area contributed by atoms with Crippen molar-refractivity contribution in [2.24, 2.45) is 5.73 Å². The summed E-state index contributed by atoms with van der Waals surface area (Å²) in [5.74, 6) is -0.730. The number of methoxy groups -OCH3 is 1. The highest BCUT2D eigenvalue weighted by Crippen LogP contribution is 2.13. The van der Waals surface area contributed by atoms with E-state index in [4.69, 9.17) is 10.5 Å². The molecule has 0 spiro atoms. The number of hydrogen-bond acceptors (Lipinski definition) is 4. The van der Waals surface area contributed by atoms with Crippen LogP contribution in [0, 0.1) is 0 Å². The molecule has 0 aliphatic carbocycles. The van der Waals surface area contributed by atoms with E-state index in [1.54, 1.807) is 12.1 Å². The molecule has 0 aliphatic rings. The molecule has 0 saturated heterocycles. The zero-order valence-electron chi connectivity index (χ0n) is 12.1. The first-order valence-corrected chi connectivity index (χ1v) is 6.75. The first kappa shape index (κ1) is 16.2. The Morgan fingerprint density at radius 1 is 1.30 bits per heavy atom. The first-order chi connectivity index (χ1) is 9.58. The average Bonchev–Trinajstić information content (AvgIpc) is 2.44. The molecule has 5 nitrogen and oxygen atoms in total. The Kier molecular flexibility index (Phi) is 6.73. The van der Waals surface area contributed by atoms with Crippen molar-refractivity contribution >= 4 is 11.9 Å². The summed E-state index contributed by atoms with van der Waals surface area (Å²) >= 11 is 0. The van der Waals surface area contributed by atoms with Gasteiger partial charge in [0.2, 0.25) is 5.91 Å². The van der Waals surface area contributed by atoms with Gasteiger partial charge in [0.05, 0.1) is 19.2 Å². The van der Waals surface area contributed by atoms with Crippen molar-refractivity contribution in [1.82, 2.24) is 4.90 Å². The number of benzene rings is 1. The number of ether oxygens (including phenoxy) is 1. The summed E-state index contributed by atoms with van der Waals surface area (Å²) in [5, 5.41) is 0. The Morgan fingerprint density at radius 3 is 2.60 bits per heavy atom. The zero-order valence-corrected chi connectivity index (χ0v) is 12.1. The van der Waals surface area contributed by atoms with Crippen molar-refractivity contribution in [2.45, 2.75) is 26.3 Å². The number of unbranched alkanes of at least 4 members (excludes halogenated alkanes) is 1. The number of amides is 1. The van der Waals surface area contributed by atoms with Crippen molar-refractivity contribution in [3.63, 3.8) is 0 Å². The highest BCUT2D eigenvalue weighted by Gasteiger charge is 2.15. The second kappa shape index (κ2) is 8.32. The van der Waals surface area contributed by atoms with Crippen molar-refractivity contribution in [2.75, 3.05) is 20.2 Å². The Morgan fingerprint density at radius 2 is 2.00 bits per heavy atom. The molecule has 1 amide bonds. The van der Waals surface area contributed by atoms with E-state index in [9.17, 15) is 9.59 Å². The lowest BCUT2D eigenvalue weighted by Crippen LogP contribution is -2.34. The lowest BCUT2D eigenvalue weighted by molar-refractivity contribution is -0.119. The standard InChI is InChI=1S/C15H22N2O3/c1-3-4-9-17(11-14(16)18)10-12-7-5-6-8-13(12)15(19)20-2/h5-8H,3-4,9-11H2,1-2H3,(H2,16,18). The van der Waals surface area contributed by atoms with Gasteiger partial charge < -0.3 is 10.5 Å². The number of hydrogen-bond donors (Lipinski definition) is 1. The summed E-state index contributed by atoms with van der Waals surface area (Å²) in [6.45, 7) is 3.56. The highest BCUT2D eigenvalue weighted by atomic mass is 16.5. The third-order valence-electron chi connectivity index (χ3n) is 3.02. The van der Waals surface area contributed by atoms with E-state index in [1.165, 1.54) is 7.11 Å². The monoisotopic (exact) mass is 278 g/mol. The molecule has 2 N–H and O–H groups in total. The van der Waals surface area contributed by atoms with Gasteiger partial charge in [-0.05, 0) is 24.6 Å². The fraction of sp³-hybridized carbons (Fsp3) is 0.467. The number of nitrogens with zero attached hydrogens (tertiary/aromatic N) is 1. The fourth-order valence-electron chi connectivity index (χ4n) is 2.02. The molecule has 0 aliphatic heterocycles. The summed E-state index contributed by atoms with van der Waals surface area (Å²) in [4.78, 5) is 24.8. The summed E-state index contributed by atoms with van der Waals surface area (Å²) in [6.07, 6.45) is 2.02. The second-order valence-electron chi connectivity index (χ2n) is 4.68. The van der Waals surface area contributed by atoms with E-state index >= 15 is 0 Å². The van der Waals surface area contributed by atoms with Crippen molar-refractivity contribution in [1.29, 1.82) is 0 Å². The van der Waals surface area contributed by atoms with E-state index in [2.05, 4.69) is 6.92 Å². The van der Waals surface area contributed by atoms with Crippen molar-refractivity contribution < 1.29 is 14.3 Å². The maximum absolute atomic E-state index is 11.7. The fourth-order valence-corrected chi connectivity index (χ4v) is 2.02. The predicted octanol–water partition coefficient (Wildman–Crippen LogP) is 1.56. The smallest absolute Gasteiger partial charge is 0.338 e. The molecule has 0 radical (unpaired) electrons. The maximum atomic E-state index is 11.7. The van der Waals surface area contributed by atoms with Crippen LogP contribution in [0.3, 0.4) is 0 Å². The third kappa shape index (κ3) is 5.01. The van der Waals surface area contributed by atoms with Gasteiger partial charge in [0.15, 0.2) is 0 Å². The molecule has 0 saturated carbocycles. The number of carbonyl (C=O) groups excluding carboxylic acids is 2. The Bertz CT molecular complexity index is 460. The van der Waals surface area contributed by atoms with Crippen LogP contribution >= 0.6 is 0 Å². The van der Waals surface area contributed by atoms with Gasteiger partial charge in [-0.25, -0.2) is 4.79 Å². The number of nitrogens with two attached hydrogens (primary N) is 1. The SMILES string of the molecule is CCCCN(CC(N)=O)Cc1ccccc1C(=O)OC. The first-order valence-electron chi connectivity index (χ1n) is 6.75. The Balaban J connectivity index is 2.86. The number of carbonyl (C=O) groups is 2. The van der Waals surface area contributed by atoms with Crippen LogP contribution in [-0.4, -0.2) is 37.0 Å². The minimum atomic E-state index is -0.366. The average molecular weight is 278 g/mol. The lowest BCUT2D eigenvalue weighted by Gasteiger charge is -2.21. The zero-order chi connectivity index (χ0) is 15.0. The molecular weight excluding hydrogens is 256 g/mol. The van der Waals surface area contributed by atoms with Gasteiger partial charge in [-0.2, -0.15) is 0 Å². The van der Waals surface area contributed by atoms with Crippen LogP contribution in [0.5, 0.6) is 0 Å². The van der Waals surface area contributed by atoms with E-state index in [0.29, 0.717) is 12.1 Å². The molecule has 0 bridgehead atoms. The molecule has 1 rings (SSSR count). The van der Waals surface area contributed by atoms with Gasteiger partial charge >= 0.3 is 5.97 Å². The van der Waals surface area contributed by atoms with Gasteiger partial charge in [0.25, 0.3) is 0 Å². The molecule has 0 unspecified atom stereocenters. The molecule has 5 heteroatoms. The van der Waals surface area contributed by atoms with Gasteiger partial charge in [0.1, 0.15) is 0 Å². The molecule has 0 aromatic heterocycles. The second-order valence-corrected chi connectivity index (χ2v) is 4.68. The molecule has 110 valence electrons. The lowest BCUT2D eigenvalue weighted by atomic mass is 10.1. The summed E-state index contributed by atoms with van der Waals surface area (Å²) < 4.78 is 4.77. The Hall–Kier alpha value is -1.88. The minimum Gasteiger partial charge on any atom is -0.465 e. The molecular formula is C15H22N2O3. The molecule has 0 heterocycles. The van der Waals surface area contributed by atoms with Crippen LogP contribution in [0.2, 0.25) is 0 Å². The number of primary amides is 1. The summed E-state index contributed by atoms with van der Waals surface area (Å²) in [7, 11) is 1.36. The Labute approximate surface area is 119 Å². The van der Waals surface area contributed by atoms with Crippen LogP contribution in [0.15, 0.2) is 24.3 Å². The van der Waals surface area contributed by atoms with E-state index in [0.717, 1.165) is 24.9 Å². The van der Waals surface area contributed by atoms with Gasteiger partial charge in [-0.1, -0.05) is 31.5 Å². The predicted molar refractivity (Wildman–Crippen MR) is 77.2 cm³/mol. The van der Waals surface area contributed by atoms with Crippen LogP contribution < -0.4 is 5.73 Å². The number of rotatable bonds is 8. The van der Waals surface area contributed by atoms with Crippen molar-refractivity contribution in [3.05, 3.63) is 35.4 Å². The third-order valence-corrected chi connectivity index (χ3v) is 3.02. The van der Waals surface area contributed by atoms with Crippen LogP contribution in [0.25, 0.3) is 0 Å². The molecule has 0 fully saturated rings. The van der Waals surface area contributed by atoms with Gasteiger partial charge in [-0.3, -0.25) is 9.69 Å². The quantitative estimate of drug-likeness (QED) is 0.732. The minimum absolute atomic E-state index is 0.190. The van der Waals surface area contributed by atoms with Crippen LogP contribution in [0.4, 0.5) is 0 Å². The molecule has 0 atom stereocenters. The largest absolute Gasteiger partial charge is 0.465 e. The van der Waals surface area contributed by atoms with Gasteiger partial charge in [-0.15, -0.1) is 0 Å². The molecule has 1 aromatic rings. The molecule has 1 aromatic carbocycles. The van der Waals surface area contributed by atoms with E-state index in [1.807, 2.05) is 17.0 Å².